The van der Waals surface area contributed by atoms with Crippen LogP contribution in [-0.2, 0) is 14.3 Å². The van der Waals surface area contributed by atoms with Gasteiger partial charge in [-0.05, 0) is 30.4 Å². The monoisotopic (exact) mass is 330 g/mol. The van der Waals surface area contributed by atoms with Gasteiger partial charge in [-0.25, -0.2) is 0 Å². The van der Waals surface area contributed by atoms with Crippen molar-refractivity contribution in [2.45, 2.75) is 19.3 Å². The highest BCUT2D eigenvalue weighted by molar-refractivity contribution is 7.99. The minimum absolute atomic E-state index is 0.0645. The van der Waals surface area contributed by atoms with Crippen molar-refractivity contribution in [3.63, 3.8) is 0 Å². The Morgan fingerprint density at radius 3 is 2.76 bits per heavy atom. The van der Waals surface area contributed by atoms with Gasteiger partial charge < -0.3 is 15.8 Å². The van der Waals surface area contributed by atoms with Gasteiger partial charge in [-0.1, -0.05) is 11.6 Å². The molecular weight excluding hydrogens is 312 g/mol. The molecule has 3 N–H and O–H groups in total. The van der Waals surface area contributed by atoms with E-state index in [1.165, 1.54) is 7.11 Å². The molecule has 0 heterocycles. The normalized spacial score (nSPS) is 10.2. The molecule has 0 unspecified atom stereocenters. The number of amides is 1. The first-order valence-corrected chi connectivity index (χ1v) is 8.05. The van der Waals surface area contributed by atoms with Gasteiger partial charge >= 0.3 is 5.97 Å². The number of nitrogen functional groups attached to an aromatic ring is 1. The van der Waals surface area contributed by atoms with Crippen molar-refractivity contribution in [3.05, 3.63) is 23.2 Å². The lowest BCUT2D eigenvalue weighted by Crippen LogP contribution is -2.11. The second kappa shape index (κ2) is 9.52. The molecule has 0 atom stereocenters. The molecule has 1 aromatic carbocycles. The fourth-order valence-corrected chi connectivity index (χ4v) is 2.52. The van der Waals surface area contributed by atoms with Crippen molar-refractivity contribution in [3.8, 4) is 0 Å². The predicted octanol–water partition coefficient (Wildman–Crippen LogP) is 2.94. The first-order chi connectivity index (χ1) is 10.0. The molecule has 0 aromatic heterocycles. The largest absolute Gasteiger partial charge is 0.469 e. The summed E-state index contributed by atoms with van der Waals surface area (Å²) in [6.45, 7) is 0. The summed E-state index contributed by atoms with van der Waals surface area (Å²) in [5.74, 6) is 1.26. The van der Waals surface area contributed by atoms with Crippen molar-refractivity contribution >= 4 is 46.6 Å². The standard InChI is InChI=1S/C14H19ClN2O3S/c1-20-14(19)6-8-21-7-2-3-13(18)17-10-4-5-11(15)12(16)9-10/h4-5,9H,2-3,6-8,16H2,1H3,(H,17,18). The van der Waals surface area contributed by atoms with E-state index in [1.807, 2.05) is 0 Å². The SMILES string of the molecule is COC(=O)CCSCCCC(=O)Nc1ccc(Cl)c(N)c1. The van der Waals surface area contributed by atoms with E-state index in [9.17, 15) is 9.59 Å². The summed E-state index contributed by atoms with van der Waals surface area (Å²) >= 11 is 7.44. The Balaban J connectivity index is 2.16. The quantitative estimate of drug-likeness (QED) is 0.435. The molecule has 116 valence electrons. The fourth-order valence-electron chi connectivity index (χ4n) is 1.54. The number of nitrogens with one attached hydrogen (secondary N) is 1. The van der Waals surface area contributed by atoms with Crippen molar-refractivity contribution in [2.75, 3.05) is 29.7 Å². The molecule has 1 amide bonds. The van der Waals surface area contributed by atoms with Crippen LogP contribution < -0.4 is 11.1 Å². The number of thioether (sulfide) groups is 1. The van der Waals surface area contributed by atoms with Crippen LogP contribution in [0.3, 0.4) is 0 Å². The average molecular weight is 331 g/mol. The fraction of sp³-hybridized carbons (Fsp3) is 0.429. The van der Waals surface area contributed by atoms with E-state index >= 15 is 0 Å². The topological polar surface area (TPSA) is 81.4 Å². The van der Waals surface area contributed by atoms with Gasteiger partial charge in [-0.2, -0.15) is 11.8 Å². The van der Waals surface area contributed by atoms with Gasteiger partial charge in [0.25, 0.3) is 0 Å². The highest BCUT2D eigenvalue weighted by Gasteiger charge is 2.05. The van der Waals surface area contributed by atoms with E-state index in [1.54, 1.807) is 30.0 Å². The van der Waals surface area contributed by atoms with Gasteiger partial charge in [0.1, 0.15) is 0 Å². The Morgan fingerprint density at radius 1 is 1.33 bits per heavy atom. The number of methoxy groups -OCH3 is 1. The van der Waals surface area contributed by atoms with Crippen LogP contribution in [0.2, 0.25) is 5.02 Å². The molecule has 0 aliphatic carbocycles. The van der Waals surface area contributed by atoms with E-state index in [-0.39, 0.29) is 11.9 Å². The molecule has 1 aromatic rings. The smallest absolute Gasteiger partial charge is 0.306 e. The number of rotatable bonds is 8. The third-order valence-corrected chi connectivity index (χ3v) is 4.06. The Bertz CT molecular complexity index is 497. The highest BCUT2D eigenvalue weighted by Crippen LogP contribution is 2.22. The summed E-state index contributed by atoms with van der Waals surface area (Å²) in [7, 11) is 1.38. The van der Waals surface area contributed by atoms with Crippen LogP contribution in [0.15, 0.2) is 18.2 Å². The van der Waals surface area contributed by atoms with E-state index in [0.29, 0.717) is 35.0 Å². The Morgan fingerprint density at radius 2 is 2.10 bits per heavy atom. The zero-order valence-electron chi connectivity index (χ0n) is 11.9. The maximum Gasteiger partial charge on any atom is 0.306 e. The lowest BCUT2D eigenvalue weighted by Gasteiger charge is -2.07. The zero-order chi connectivity index (χ0) is 15.7. The summed E-state index contributed by atoms with van der Waals surface area (Å²) < 4.78 is 4.54. The van der Waals surface area contributed by atoms with Gasteiger partial charge in [-0.15, -0.1) is 0 Å². The summed E-state index contributed by atoms with van der Waals surface area (Å²) in [4.78, 5) is 22.6. The summed E-state index contributed by atoms with van der Waals surface area (Å²) in [5, 5.41) is 3.23. The van der Waals surface area contributed by atoms with E-state index in [2.05, 4.69) is 10.1 Å². The number of halogens is 1. The van der Waals surface area contributed by atoms with Crippen molar-refractivity contribution in [1.29, 1.82) is 0 Å². The number of anilines is 2. The highest BCUT2D eigenvalue weighted by atomic mass is 35.5. The van der Waals surface area contributed by atoms with Crippen molar-refractivity contribution < 1.29 is 14.3 Å². The summed E-state index contributed by atoms with van der Waals surface area (Å²) in [6, 6.07) is 4.99. The Hall–Kier alpha value is -1.40. The molecule has 0 saturated heterocycles. The second-order valence-corrected chi connectivity index (χ2v) is 5.96. The molecule has 5 nitrogen and oxygen atoms in total. The summed E-state index contributed by atoms with van der Waals surface area (Å²) in [6.07, 6.45) is 1.58. The molecule has 21 heavy (non-hydrogen) atoms. The average Bonchev–Trinajstić information content (AvgIpc) is 2.46. The van der Waals surface area contributed by atoms with Crippen LogP contribution >= 0.6 is 23.4 Å². The third kappa shape index (κ3) is 7.24. The number of ether oxygens (including phenoxy) is 1. The predicted molar refractivity (Wildman–Crippen MR) is 87.7 cm³/mol. The number of hydrogen-bond acceptors (Lipinski definition) is 5. The lowest BCUT2D eigenvalue weighted by molar-refractivity contribution is -0.140. The van der Waals surface area contributed by atoms with Crippen LogP contribution in [0.1, 0.15) is 19.3 Å². The minimum atomic E-state index is -0.208. The summed E-state index contributed by atoms with van der Waals surface area (Å²) in [5.41, 5.74) is 6.74. The lowest BCUT2D eigenvalue weighted by atomic mass is 10.2. The molecule has 0 aliphatic heterocycles. The van der Waals surface area contributed by atoms with Crippen LogP contribution in [0.5, 0.6) is 0 Å². The van der Waals surface area contributed by atoms with Gasteiger partial charge in [0, 0.05) is 17.9 Å². The minimum Gasteiger partial charge on any atom is -0.469 e. The molecule has 7 heteroatoms. The maximum absolute atomic E-state index is 11.7. The molecule has 0 aliphatic rings. The van der Waals surface area contributed by atoms with Crippen LogP contribution in [0, 0.1) is 0 Å². The Labute approximate surface area is 133 Å². The number of nitrogens with two attached hydrogens (primary N) is 1. The number of hydrogen-bond donors (Lipinski definition) is 2. The molecule has 0 saturated carbocycles. The van der Waals surface area contributed by atoms with E-state index < -0.39 is 0 Å². The van der Waals surface area contributed by atoms with Gasteiger partial charge in [0.2, 0.25) is 5.91 Å². The first-order valence-electron chi connectivity index (χ1n) is 6.52. The number of benzene rings is 1. The van der Waals surface area contributed by atoms with Crippen molar-refractivity contribution in [2.24, 2.45) is 0 Å². The van der Waals surface area contributed by atoms with Crippen LogP contribution in [0.4, 0.5) is 11.4 Å². The molecule has 0 radical (unpaired) electrons. The molecule has 1 rings (SSSR count). The first kappa shape index (κ1) is 17.7. The molecule has 0 bridgehead atoms. The molecule has 0 fully saturated rings. The number of carbonyl (C=O) groups excluding carboxylic acids is 2. The molecule has 0 spiro atoms. The third-order valence-electron chi connectivity index (χ3n) is 2.65. The van der Waals surface area contributed by atoms with E-state index in [0.717, 1.165) is 12.2 Å². The van der Waals surface area contributed by atoms with E-state index in [4.69, 9.17) is 17.3 Å². The molecular formula is C14H19ClN2O3S. The van der Waals surface area contributed by atoms with Gasteiger partial charge in [-0.3, -0.25) is 9.59 Å². The number of carbonyl (C=O) groups is 2. The van der Waals surface area contributed by atoms with Crippen molar-refractivity contribution in [1.82, 2.24) is 0 Å². The number of esters is 1. The van der Waals surface area contributed by atoms with Crippen LogP contribution in [-0.4, -0.2) is 30.5 Å². The zero-order valence-corrected chi connectivity index (χ0v) is 13.4. The maximum atomic E-state index is 11.7. The second-order valence-electron chi connectivity index (χ2n) is 4.33. The van der Waals surface area contributed by atoms with Crippen LogP contribution in [0.25, 0.3) is 0 Å². The van der Waals surface area contributed by atoms with Gasteiger partial charge in [0.15, 0.2) is 0 Å². The Kier molecular flexibility index (Phi) is 8.00. The van der Waals surface area contributed by atoms with Gasteiger partial charge in [0.05, 0.1) is 24.2 Å².